The van der Waals surface area contributed by atoms with Crippen LogP contribution in [0.1, 0.15) is 16.7 Å². The number of esters is 1. The third-order valence-corrected chi connectivity index (χ3v) is 4.60. The first-order chi connectivity index (χ1) is 14.8. The number of methoxy groups -OCH3 is 1. The van der Waals surface area contributed by atoms with Crippen LogP contribution in [0.2, 0.25) is 0 Å². The molecule has 0 fully saturated rings. The molecular weight excluding hydrogens is 464 g/mol. The van der Waals surface area contributed by atoms with E-state index in [2.05, 4.69) is 21.2 Å². The second kappa shape index (κ2) is 11.9. The normalized spacial score (nSPS) is 10.9. The lowest BCUT2D eigenvalue weighted by Gasteiger charge is -2.12. The molecule has 1 N–H and O–H groups in total. The molecule has 0 aliphatic carbocycles. The van der Waals surface area contributed by atoms with Gasteiger partial charge in [-0.3, -0.25) is 4.79 Å². The average Bonchev–Trinajstić information content (AvgIpc) is 2.72. The van der Waals surface area contributed by atoms with E-state index >= 15 is 0 Å². The number of nitriles is 1. The minimum atomic E-state index is -0.541. The lowest BCUT2D eigenvalue weighted by molar-refractivity contribution is -0.136. The van der Waals surface area contributed by atoms with E-state index in [4.69, 9.17) is 14.2 Å². The summed E-state index contributed by atoms with van der Waals surface area (Å²) in [4.78, 5) is 24.1. The summed E-state index contributed by atoms with van der Waals surface area (Å²) in [6.45, 7) is 4.24. The molecule has 1 amide bonds. The van der Waals surface area contributed by atoms with Crippen LogP contribution in [0.4, 0.5) is 0 Å². The third kappa shape index (κ3) is 7.55. The SMILES string of the molecule is COCCNC(=O)/C(C#N)=C/c1ccc(OC(=O)COc2c(C)cc(Br)cc2C)cc1. The molecule has 162 valence electrons. The number of hydrogen-bond donors (Lipinski definition) is 1. The number of amides is 1. The zero-order valence-electron chi connectivity index (χ0n) is 17.5. The Morgan fingerprint density at radius 1 is 1.16 bits per heavy atom. The van der Waals surface area contributed by atoms with E-state index in [1.165, 1.54) is 13.2 Å². The van der Waals surface area contributed by atoms with Gasteiger partial charge in [0.2, 0.25) is 0 Å². The monoisotopic (exact) mass is 486 g/mol. The zero-order valence-corrected chi connectivity index (χ0v) is 19.1. The van der Waals surface area contributed by atoms with Crippen molar-refractivity contribution < 1.29 is 23.8 Å². The average molecular weight is 487 g/mol. The molecule has 0 saturated carbocycles. The van der Waals surface area contributed by atoms with Gasteiger partial charge in [0, 0.05) is 18.1 Å². The van der Waals surface area contributed by atoms with Gasteiger partial charge in [-0.15, -0.1) is 0 Å². The van der Waals surface area contributed by atoms with E-state index in [0.717, 1.165) is 15.6 Å². The lowest BCUT2D eigenvalue weighted by Crippen LogP contribution is -2.27. The first kappa shape index (κ1) is 24.1. The molecule has 31 heavy (non-hydrogen) atoms. The van der Waals surface area contributed by atoms with Crippen molar-refractivity contribution in [2.45, 2.75) is 13.8 Å². The fourth-order valence-corrected chi connectivity index (χ4v) is 3.41. The van der Waals surface area contributed by atoms with Gasteiger partial charge in [0.05, 0.1) is 6.61 Å². The second-order valence-corrected chi connectivity index (χ2v) is 7.53. The highest BCUT2D eigenvalue weighted by atomic mass is 79.9. The van der Waals surface area contributed by atoms with E-state index < -0.39 is 11.9 Å². The molecule has 0 aliphatic heterocycles. The van der Waals surface area contributed by atoms with Gasteiger partial charge < -0.3 is 19.5 Å². The summed E-state index contributed by atoms with van der Waals surface area (Å²) < 4.78 is 16.7. The summed E-state index contributed by atoms with van der Waals surface area (Å²) in [6.07, 6.45) is 1.45. The van der Waals surface area contributed by atoms with Crippen molar-refractivity contribution in [1.29, 1.82) is 5.26 Å². The molecule has 2 aromatic rings. The molecule has 0 aliphatic rings. The third-order valence-electron chi connectivity index (χ3n) is 4.14. The molecule has 0 bridgehead atoms. The maximum absolute atomic E-state index is 12.1. The molecule has 0 spiro atoms. The first-order valence-electron chi connectivity index (χ1n) is 9.43. The lowest BCUT2D eigenvalue weighted by atomic mass is 10.1. The molecule has 0 heterocycles. The largest absolute Gasteiger partial charge is 0.481 e. The van der Waals surface area contributed by atoms with Crippen LogP contribution in [0.5, 0.6) is 11.5 Å². The number of halogens is 1. The molecule has 0 saturated heterocycles. The van der Waals surface area contributed by atoms with Crippen LogP contribution < -0.4 is 14.8 Å². The van der Waals surface area contributed by atoms with Gasteiger partial charge in [0.1, 0.15) is 23.1 Å². The zero-order chi connectivity index (χ0) is 22.8. The van der Waals surface area contributed by atoms with Crippen molar-refractivity contribution in [3.05, 3.63) is 63.1 Å². The summed E-state index contributed by atoms with van der Waals surface area (Å²) in [7, 11) is 1.52. The Morgan fingerprint density at radius 2 is 1.81 bits per heavy atom. The number of carbonyl (C=O) groups is 2. The van der Waals surface area contributed by atoms with Crippen molar-refractivity contribution in [2.75, 3.05) is 26.9 Å². The molecule has 7 nitrogen and oxygen atoms in total. The van der Waals surface area contributed by atoms with Crippen molar-refractivity contribution in [1.82, 2.24) is 5.32 Å². The summed E-state index contributed by atoms with van der Waals surface area (Å²) in [5.74, 6) is -0.0440. The van der Waals surface area contributed by atoms with Gasteiger partial charge in [-0.05, 0) is 60.9 Å². The Bertz CT molecular complexity index is 987. The van der Waals surface area contributed by atoms with E-state index in [1.54, 1.807) is 24.3 Å². The standard InChI is InChI=1S/C23H23BrN2O5/c1-15-10-19(24)11-16(2)22(15)30-14-21(27)31-20-6-4-17(5-7-20)12-18(13-25)23(28)26-8-9-29-3/h4-7,10-12H,8-9,14H2,1-3H3,(H,26,28)/b18-12+. The molecule has 0 aromatic heterocycles. The maximum Gasteiger partial charge on any atom is 0.349 e. The van der Waals surface area contributed by atoms with Crippen molar-refractivity contribution in [2.24, 2.45) is 0 Å². The molecule has 0 radical (unpaired) electrons. The fraction of sp³-hybridized carbons (Fsp3) is 0.261. The number of nitrogens with zero attached hydrogens (tertiary/aromatic N) is 1. The highest BCUT2D eigenvalue weighted by Crippen LogP contribution is 2.27. The second-order valence-electron chi connectivity index (χ2n) is 6.62. The smallest absolute Gasteiger partial charge is 0.349 e. The number of nitrogens with one attached hydrogen (secondary N) is 1. The summed E-state index contributed by atoms with van der Waals surface area (Å²) in [5, 5.41) is 11.8. The predicted octanol–water partition coefficient (Wildman–Crippen LogP) is 3.72. The number of benzene rings is 2. The molecule has 2 rings (SSSR count). The molecular formula is C23H23BrN2O5. The number of ether oxygens (including phenoxy) is 3. The van der Waals surface area contributed by atoms with Crippen LogP contribution in [0.15, 0.2) is 46.4 Å². The topological polar surface area (TPSA) is 97.6 Å². The Morgan fingerprint density at radius 3 is 2.39 bits per heavy atom. The molecule has 2 aromatic carbocycles. The van der Waals surface area contributed by atoms with Crippen LogP contribution in [0, 0.1) is 25.2 Å². The predicted molar refractivity (Wildman–Crippen MR) is 120 cm³/mol. The van der Waals surface area contributed by atoms with Crippen molar-refractivity contribution in [3.8, 4) is 17.6 Å². The van der Waals surface area contributed by atoms with E-state index in [-0.39, 0.29) is 12.2 Å². The van der Waals surface area contributed by atoms with Crippen molar-refractivity contribution in [3.63, 3.8) is 0 Å². The fourth-order valence-electron chi connectivity index (χ4n) is 2.73. The van der Waals surface area contributed by atoms with Crippen molar-refractivity contribution >= 4 is 33.9 Å². The van der Waals surface area contributed by atoms with E-state index in [9.17, 15) is 14.9 Å². The van der Waals surface area contributed by atoms with Gasteiger partial charge in [-0.25, -0.2) is 4.79 Å². The van der Waals surface area contributed by atoms with Gasteiger partial charge in [-0.2, -0.15) is 5.26 Å². The Balaban J connectivity index is 1.95. The molecule has 8 heteroatoms. The van der Waals surface area contributed by atoms with Crippen LogP contribution in [0.3, 0.4) is 0 Å². The Hall–Kier alpha value is -3.15. The number of aryl methyl sites for hydroxylation is 2. The Kier molecular flexibility index (Phi) is 9.25. The van der Waals surface area contributed by atoms with Gasteiger partial charge in [0.15, 0.2) is 6.61 Å². The minimum absolute atomic E-state index is 0.0329. The maximum atomic E-state index is 12.1. The summed E-state index contributed by atoms with van der Waals surface area (Å²) in [5.41, 5.74) is 2.41. The highest BCUT2D eigenvalue weighted by molar-refractivity contribution is 9.10. The summed E-state index contributed by atoms with van der Waals surface area (Å²) in [6, 6.07) is 12.1. The van der Waals surface area contributed by atoms with Crippen LogP contribution in [0.25, 0.3) is 6.08 Å². The van der Waals surface area contributed by atoms with E-state index in [1.807, 2.05) is 32.0 Å². The summed E-state index contributed by atoms with van der Waals surface area (Å²) >= 11 is 3.42. The number of rotatable bonds is 9. The van der Waals surface area contributed by atoms with Crippen LogP contribution in [-0.4, -0.2) is 38.7 Å². The quantitative estimate of drug-likeness (QED) is 0.190. The minimum Gasteiger partial charge on any atom is -0.481 e. The van der Waals surface area contributed by atoms with Gasteiger partial charge >= 0.3 is 5.97 Å². The Labute approximate surface area is 189 Å². The highest BCUT2D eigenvalue weighted by Gasteiger charge is 2.11. The number of hydrogen-bond acceptors (Lipinski definition) is 6. The van der Waals surface area contributed by atoms with Gasteiger partial charge in [0.25, 0.3) is 5.91 Å². The molecule has 0 atom stereocenters. The van der Waals surface area contributed by atoms with E-state index in [0.29, 0.717) is 30.2 Å². The molecule has 0 unspecified atom stereocenters. The van der Waals surface area contributed by atoms with Gasteiger partial charge in [-0.1, -0.05) is 28.1 Å². The van der Waals surface area contributed by atoms with Crippen LogP contribution in [-0.2, 0) is 14.3 Å². The first-order valence-corrected chi connectivity index (χ1v) is 10.2. The van der Waals surface area contributed by atoms with Crippen LogP contribution >= 0.6 is 15.9 Å². The number of carbonyl (C=O) groups excluding carboxylic acids is 2.